The van der Waals surface area contributed by atoms with Crippen molar-refractivity contribution < 1.29 is 0 Å². The first-order chi connectivity index (χ1) is 12.2. The predicted molar refractivity (Wildman–Crippen MR) is 113 cm³/mol. The molecule has 124 valence electrons. The fourth-order valence-electron chi connectivity index (χ4n) is 3.13. The summed E-state index contributed by atoms with van der Waals surface area (Å²) < 4.78 is 1.22. The summed E-state index contributed by atoms with van der Waals surface area (Å²) in [6.45, 7) is 0. The summed E-state index contributed by atoms with van der Waals surface area (Å²) in [5.74, 6) is 0. The molecule has 0 saturated carbocycles. The number of hydrazone groups is 1. The molecule has 0 saturated heterocycles. The van der Waals surface area contributed by atoms with Gasteiger partial charge in [0.05, 0.1) is 17.4 Å². The van der Waals surface area contributed by atoms with Gasteiger partial charge in [0.1, 0.15) is 0 Å². The number of nitrogens with zero attached hydrogens (tertiary/aromatic N) is 2. The lowest BCUT2D eigenvalue weighted by atomic mass is 9.98. The van der Waals surface area contributed by atoms with Crippen LogP contribution in [-0.4, -0.2) is 5.71 Å². The molecule has 0 spiro atoms. The predicted octanol–water partition coefficient (Wildman–Crippen LogP) is 6.30. The topological polar surface area (TPSA) is 15.6 Å². The lowest BCUT2D eigenvalue weighted by Gasteiger charge is -2.24. The second-order valence-electron chi connectivity index (χ2n) is 5.98. The molecule has 1 aliphatic rings. The zero-order valence-electron chi connectivity index (χ0n) is 13.4. The highest BCUT2D eigenvalue weighted by Gasteiger charge is 2.31. The van der Waals surface area contributed by atoms with E-state index in [9.17, 15) is 0 Å². The van der Waals surface area contributed by atoms with Gasteiger partial charge >= 0.3 is 0 Å². The van der Waals surface area contributed by atoms with Crippen molar-refractivity contribution in [3.63, 3.8) is 0 Å². The van der Waals surface area contributed by atoms with Gasteiger partial charge in [0.2, 0.25) is 0 Å². The highest BCUT2D eigenvalue weighted by atomic mass is 127. The minimum atomic E-state index is 0.102. The molecule has 3 aromatic carbocycles. The third kappa shape index (κ3) is 3.44. The molecule has 25 heavy (non-hydrogen) atoms. The summed E-state index contributed by atoms with van der Waals surface area (Å²) in [7, 11) is 0. The highest BCUT2D eigenvalue weighted by molar-refractivity contribution is 14.1. The Labute approximate surface area is 166 Å². The Hall–Kier alpha value is -1.85. The number of para-hydroxylation sites is 1. The van der Waals surface area contributed by atoms with E-state index in [0.29, 0.717) is 0 Å². The lowest BCUT2D eigenvalue weighted by Crippen LogP contribution is -2.18. The smallest absolute Gasteiger partial charge is 0.0846 e. The van der Waals surface area contributed by atoms with E-state index < -0.39 is 0 Å². The third-order valence-electron chi connectivity index (χ3n) is 4.37. The molecule has 4 heteroatoms. The SMILES string of the molecule is Clc1ccccc1C1CC(c2ccc(I)cc2)=NN1c1ccccc1. The largest absolute Gasteiger partial charge is 0.257 e. The third-order valence-corrected chi connectivity index (χ3v) is 5.44. The van der Waals surface area contributed by atoms with E-state index in [4.69, 9.17) is 16.7 Å². The highest BCUT2D eigenvalue weighted by Crippen LogP contribution is 2.39. The van der Waals surface area contributed by atoms with Gasteiger partial charge < -0.3 is 0 Å². The number of rotatable bonds is 3. The molecule has 0 aliphatic carbocycles. The Kier molecular flexibility index (Phi) is 4.77. The normalized spacial score (nSPS) is 16.8. The molecule has 1 unspecified atom stereocenters. The summed E-state index contributed by atoms with van der Waals surface area (Å²) in [6, 6.07) is 26.9. The number of anilines is 1. The van der Waals surface area contributed by atoms with Crippen molar-refractivity contribution in [3.05, 3.63) is 98.6 Å². The van der Waals surface area contributed by atoms with Crippen LogP contribution in [0.4, 0.5) is 5.69 Å². The van der Waals surface area contributed by atoms with E-state index in [1.54, 1.807) is 0 Å². The van der Waals surface area contributed by atoms with Crippen molar-refractivity contribution in [1.82, 2.24) is 0 Å². The molecule has 0 fully saturated rings. The van der Waals surface area contributed by atoms with Crippen LogP contribution in [0.1, 0.15) is 23.6 Å². The first-order valence-corrected chi connectivity index (χ1v) is 9.60. The first kappa shape index (κ1) is 16.6. The van der Waals surface area contributed by atoms with Crippen LogP contribution in [0.25, 0.3) is 0 Å². The number of hydrogen-bond donors (Lipinski definition) is 0. The molecule has 3 aromatic rings. The van der Waals surface area contributed by atoms with E-state index >= 15 is 0 Å². The average molecular weight is 459 g/mol. The Morgan fingerprint density at radius 3 is 2.28 bits per heavy atom. The van der Waals surface area contributed by atoms with Gasteiger partial charge in [-0.3, -0.25) is 5.01 Å². The van der Waals surface area contributed by atoms with Gasteiger partial charge in [-0.25, -0.2) is 0 Å². The van der Waals surface area contributed by atoms with Gasteiger partial charge in [-0.15, -0.1) is 0 Å². The molecule has 0 bridgehead atoms. The average Bonchev–Trinajstić information content (AvgIpc) is 3.08. The van der Waals surface area contributed by atoms with E-state index in [1.165, 1.54) is 3.57 Å². The zero-order valence-corrected chi connectivity index (χ0v) is 16.4. The standard InChI is InChI=1S/C21H16ClIN2/c22-19-9-5-4-8-18(19)21-14-20(15-10-12-16(23)13-11-15)24-25(21)17-6-2-1-3-7-17/h1-13,21H,14H2. The van der Waals surface area contributed by atoms with Gasteiger partial charge in [0.25, 0.3) is 0 Å². The molecule has 0 N–H and O–H groups in total. The van der Waals surface area contributed by atoms with Crippen molar-refractivity contribution >= 4 is 45.6 Å². The van der Waals surface area contributed by atoms with E-state index in [2.05, 4.69) is 70.1 Å². The maximum atomic E-state index is 6.49. The quantitative estimate of drug-likeness (QED) is 0.421. The van der Waals surface area contributed by atoms with Crippen LogP contribution in [0, 0.1) is 3.57 Å². The van der Waals surface area contributed by atoms with Crippen molar-refractivity contribution in [2.24, 2.45) is 5.10 Å². The van der Waals surface area contributed by atoms with Crippen molar-refractivity contribution in [1.29, 1.82) is 0 Å². The fraction of sp³-hybridized carbons (Fsp3) is 0.0952. The number of benzene rings is 3. The Morgan fingerprint density at radius 2 is 1.56 bits per heavy atom. The fourth-order valence-corrected chi connectivity index (χ4v) is 3.75. The van der Waals surface area contributed by atoms with E-state index in [-0.39, 0.29) is 6.04 Å². The maximum Gasteiger partial charge on any atom is 0.0846 e. The molecule has 0 radical (unpaired) electrons. The molecule has 4 rings (SSSR count). The molecule has 2 nitrogen and oxygen atoms in total. The van der Waals surface area contributed by atoms with Crippen LogP contribution in [0.15, 0.2) is 84.0 Å². The van der Waals surface area contributed by atoms with Crippen LogP contribution in [0.5, 0.6) is 0 Å². The summed E-state index contributed by atoms with van der Waals surface area (Å²) in [5.41, 5.74) is 4.44. The Morgan fingerprint density at radius 1 is 0.880 bits per heavy atom. The van der Waals surface area contributed by atoms with E-state index in [1.807, 2.05) is 36.4 Å². The summed E-state index contributed by atoms with van der Waals surface area (Å²) in [6.07, 6.45) is 0.833. The molecular formula is C21H16ClIN2. The molecule has 0 aromatic heterocycles. The van der Waals surface area contributed by atoms with Crippen molar-refractivity contribution in [3.8, 4) is 0 Å². The number of halogens is 2. The molecule has 0 amide bonds. The minimum Gasteiger partial charge on any atom is -0.257 e. The van der Waals surface area contributed by atoms with Crippen LogP contribution in [0.3, 0.4) is 0 Å². The molecular weight excluding hydrogens is 443 g/mol. The van der Waals surface area contributed by atoms with Gasteiger partial charge in [-0.2, -0.15) is 5.10 Å². The lowest BCUT2D eigenvalue weighted by molar-refractivity contribution is 0.709. The van der Waals surface area contributed by atoms with Gasteiger partial charge in [0, 0.05) is 15.0 Å². The van der Waals surface area contributed by atoms with Crippen LogP contribution >= 0.6 is 34.2 Å². The summed E-state index contributed by atoms with van der Waals surface area (Å²) in [5, 5.41) is 7.82. The monoisotopic (exact) mass is 458 g/mol. The molecule has 1 atom stereocenters. The Balaban J connectivity index is 1.77. The van der Waals surface area contributed by atoms with Crippen LogP contribution < -0.4 is 5.01 Å². The van der Waals surface area contributed by atoms with Gasteiger partial charge in [-0.05, 0) is 64.0 Å². The summed E-state index contributed by atoms with van der Waals surface area (Å²) in [4.78, 5) is 0. The van der Waals surface area contributed by atoms with Crippen LogP contribution in [0.2, 0.25) is 5.02 Å². The van der Waals surface area contributed by atoms with Crippen molar-refractivity contribution in [2.45, 2.75) is 12.5 Å². The molecule has 1 aliphatic heterocycles. The number of hydrogen-bond acceptors (Lipinski definition) is 2. The van der Waals surface area contributed by atoms with Gasteiger partial charge in [0.15, 0.2) is 0 Å². The summed E-state index contributed by atoms with van der Waals surface area (Å²) >= 11 is 8.82. The van der Waals surface area contributed by atoms with Crippen LogP contribution in [-0.2, 0) is 0 Å². The Bertz CT molecular complexity index is 907. The van der Waals surface area contributed by atoms with Gasteiger partial charge in [-0.1, -0.05) is 60.1 Å². The van der Waals surface area contributed by atoms with E-state index in [0.717, 1.165) is 34.0 Å². The maximum absolute atomic E-state index is 6.49. The molecule has 1 heterocycles. The second kappa shape index (κ2) is 7.18. The van der Waals surface area contributed by atoms with Crippen molar-refractivity contribution in [2.75, 3.05) is 5.01 Å². The zero-order chi connectivity index (χ0) is 17.2. The second-order valence-corrected chi connectivity index (χ2v) is 7.63. The first-order valence-electron chi connectivity index (χ1n) is 8.14. The minimum absolute atomic E-state index is 0.102.